The zero-order valence-corrected chi connectivity index (χ0v) is 20.3. The van der Waals surface area contributed by atoms with Crippen molar-refractivity contribution in [1.29, 1.82) is 0 Å². The first-order valence-corrected chi connectivity index (χ1v) is 11.5. The van der Waals surface area contributed by atoms with Crippen molar-refractivity contribution in [2.45, 2.75) is 25.5 Å². The normalized spacial score (nSPS) is 12.0. The Bertz CT molecular complexity index is 1020. The van der Waals surface area contributed by atoms with Gasteiger partial charge in [-0.25, -0.2) is 4.68 Å². The summed E-state index contributed by atoms with van der Waals surface area (Å²) >= 11 is 0. The van der Waals surface area contributed by atoms with Gasteiger partial charge in [0.25, 0.3) is 0 Å². The lowest BCUT2D eigenvalue weighted by Crippen LogP contribution is -2.34. The standard InChI is InChI=1S/C27H35N3O4/c1-5-6-12-22(31)19-30(17-18-32-3)20-25-26(21-10-8-7-9-11-21)28-29(2)27(25)34-24-15-13-23(33-4)14-16-24/h5,7-11,13-16,22,31H,1,6,12,17-20H2,2-4H3/t22-/m1/s1. The van der Waals surface area contributed by atoms with Gasteiger partial charge >= 0.3 is 0 Å². The van der Waals surface area contributed by atoms with E-state index < -0.39 is 6.10 Å². The summed E-state index contributed by atoms with van der Waals surface area (Å²) in [5.74, 6) is 2.12. The topological polar surface area (TPSA) is 69.0 Å². The van der Waals surface area contributed by atoms with Gasteiger partial charge in [-0.05, 0) is 37.1 Å². The Morgan fingerprint density at radius 3 is 2.44 bits per heavy atom. The third-order valence-corrected chi connectivity index (χ3v) is 5.58. The molecular weight excluding hydrogens is 430 g/mol. The van der Waals surface area contributed by atoms with E-state index in [-0.39, 0.29) is 0 Å². The fourth-order valence-corrected chi connectivity index (χ4v) is 3.78. The maximum atomic E-state index is 10.6. The molecule has 0 aliphatic rings. The van der Waals surface area contributed by atoms with E-state index in [4.69, 9.17) is 19.3 Å². The molecule has 0 bridgehead atoms. The van der Waals surface area contributed by atoms with Gasteiger partial charge in [-0.15, -0.1) is 6.58 Å². The average Bonchev–Trinajstić information content (AvgIpc) is 3.16. The van der Waals surface area contributed by atoms with E-state index in [1.54, 1.807) is 18.9 Å². The minimum Gasteiger partial charge on any atom is -0.497 e. The SMILES string of the molecule is C=CCC[C@@H](O)CN(CCOC)Cc1c(-c2ccccc2)nn(C)c1Oc1ccc(OC)cc1. The predicted molar refractivity (Wildman–Crippen MR) is 134 cm³/mol. The molecule has 0 radical (unpaired) electrons. The van der Waals surface area contributed by atoms with Crippen molar-refractivity contribution >= 4 is 0 Å². The number of hydrogen-bond donors (Lipinski definition) is 1. The van der Waals surface area contributed by atoms with Crippen LogP contribution >= 0.6 is 0 Å². The fourth-order valence-electron chi connectivity index (χ4n) is 3.78. The predicted octanol–water partition coefficient (Wildman–Crippen LogP) is 4.66. The molecule has 0 aliphatic carbocycles. The second-order valence-electron chi connectivity index (χ2n) is 8.15. The zero-order chi connectivity index (χ0) is 24.3. The average molecular weight is 466 g/mol. The van der Waals surface area contributed by atoms with Crippen LogP contribution in [0.4, 0.5) is 0 Å². The number of rotatable bonds is 14. The number of benzene rings is 2. The third-order valence-electron chi connectivity index (χ3n) is 5.58. The Morgan fingerprint density at radius 2 is 1.79 bits per heavy atom. The summed E-state index contributed by atoms with van der Waals surface area (Å²) < 4.78 is 18.7. The molecule has 1 N–H and O–H groups in total. The summed E-state index contributed by atoms with van der Waals surface area (Å²) in [6, 6.07) is 17.6. The van der Waals surface area contributed by atoms with Gasteiger partial charge in [0.1, 0.15) is 17.2 Å². The first-order chi connectivity index (χ1) is 16.5. The van der Waals surface area contributed by atoms with Crippen molar-refractivity contribution < 1.29 is 19.3 Å². The zero-order valence-electron chi connectivity index (χ0n) is 20.3. The maximum absolute atomic E-state index is 10.6. The lowest BCUT2D eigenvalue weighted by molar-refractivity contribution is 0.0806. The fraction of sp³-hybridized carbons (Fsp3) is 0.370. The molecule has 0 aliphatic heterocycles. The minimum absolute atomic E-state index is 0.461. The van der Waals surface area contributed by atoms with Gasteiger partial charge in [-0.3, -0.25) is 4.90 Å². The molecule has 182 valence electrons. The van der Waals surface area contributed by atoms with Crippen LogP contribution in [0, 0.1) is 0 Å². The van der Waals surface area contributed by atoms with Crippen molar-refractivity contribution in [2.24, 2.45) is 7.05 Å². The number of nitrogens with zero attached hydrogens (tertiary/aromatic N) is 3. The number of ether oxygens (including phenoxy) is 3. The molecule has 7 heteroatoms. The molecule has 0 spiro atoms. The van der Waals surface area contributed by atoms with Crippen LogP contribution in [0.5, 0.6) is 17.4 Å². The Labute approximate surface area is 202 Å². The van der Waals surface area contributed by atoms with Crippen LogP contribution in [-0.2, 0) is 18.3 Å². The second-order valence-corrected chi connectivity index (χ2v) is 8.15. The summed E-state index contributed by atoms with van der Waals surface area (Å²) in [5.41, 5.74) is 2.82. The van der Waals surface area contributed by atoms with E-state index in [2.05, 4.69) is 11.5 Å². The van der Waals surface area contributed by atoms with Crippen LogP contribution in [-0.4, -0.2) is 59.8 Å². The Morgan fingerprint density at radius 1 is 1.09 bits per heavy atom. The number of hydrogen-bond acceptors (Lipinski definition) is 6. The monoisotopic (exact) mass is 465 g/mol. The lowest BCUT2D eigenvalue weighted by atomic mass is 10.1. The number of aliphatic hydroxyl groups is 1. The van der Waals surface area contributed by atoms with E-state index in [9.17, 15) is 5.11 Å². The maximum Gasteiger partial charge on any atom is 0.222 e. The third kappa shape index (κ3) is 6.93. The summed E-state index contributed by atoms with van der Waals surface area (Å²) in [4.78, 5) is 2.18. The molecule has 0 saturated carbocycles. The highest BCUT2D eigenvalue weighted by Gasteiger charge is 2.23. The van der Waals surface area contributed by atoms with E-state index in [1.807, 2.05) is 67.7 Å². The van der Waals surface area contributed by atoms with Gasteiger partial charge < -0.3 is 19.3 Å². The van der Waals surface area contributed by atoms with Crippen LogP contribution in [0.3, 0.4) is 0 Å². The van der Waals surface area contributed by atoms with Gasteiger partial charge in [0.05, 0.1) is 25.4 Å². The minimum atomic E-state index is -0.461. The van der Waals surface area contributed by atoms with Crippen LogP contribution in [0.15, 0.2) is 67.3 Å². The number of aryl methyl sites for hydroxylation is 1. The number of aromatic nitrogens is 2. The molecule has 0 fully saturated rings. The molecule has 1 heterocycles. The molecule has 0 saturated heterocycles. The van der Waals surface area contributed by atoms with Gasteiger partial charge in [-0.1, -0.05) is 36.4 Å². The molecule has 1 atom stereocenters. The highest BCUT2D eigenvalue weighted by atomic mass is 16.5. The number of methoxy groups -OCH3 is 2. The first kappa shape index (κ1) is 25.5. The summed E-state index contributed by atoms with van der Waals surface area (Å²) in [6.07, 6.45) is 2.81. The lowest BCUT2D eigenvalue weighted by Gasteiger charge is -2.25. The Balaban J connectivity index is 1.95. The van der Waals surface area contributed by atoms with Crippen LogP contribution in [0.25, 0.3) is 11.3 Å². The Kier molecular flexibility index (Phi) is 9.70. The van der Waals surface area contributed by atoms with Gasteiger partial charge in [0.2, 0.25) is 5.88 Å². The summed E-state index contributed by atoms with van der Waals surface area (Å²) in [7, 11) is 5.20. The molecule has 2 aromatic carbocycles. The van der Waals surface area contributed by atoms with Crippen molar-refractivity contribution in [1.82, 2.24) is 14.7 Å². The summed E-state index contributed by atoms with van der Waals surface area (Å²) in [6.45, 7) is 6.06. The quantitative estimate of drug-likeness (QED) is 0.349. The van der Waals surface area contributed by atoms with Crippen molar-refractivity contribution in [2.75, 3.05) is 33.9 Å². The molecule has 0 amide bonds. The molecule has 3 aromatic rings. The van der Waals surface area contributed by atoms with E-state index in [1.165, 1.54) is 0 Å². The molecule has 34 heavy (non-hydrogen) atoms. The summed E-state index contributed by atoms with van der Waals surface area (Å²) in [5, 5.41) is 15.4. The number of aliphatic hydroxyl groups excluding tert-OH is 1. The molecule has 3 rings (SSSR count). The van der Waals surface area contributed by atoms with E-state index >= 15 is 0 Å². The Hall–Kier alpha value is -3.13. The molecular formula is C27H35N3O4. The smallest absolute Gasteiger partial charge is 0.222 e. The van der Waals surface area contributed by atoms with Crippen molar-refractivity contribution in [3.8, 4) is 28.6 Å². The highest BCUT2D eigenvalue weighted by Crippen LogP contribution is 2.34. The van der Waals surface area contributed by atoms with Gasteiger partial charge in [0.15, 0.2) is 0 Å². The first-order valence-electron chi connectivity index (χ1n) is 11.5. The highest BCUT2D eigenvalue weighted by molar-refractivity contribution is 5.65. The van der Waals surface area contributed by atoms with Crippen molar-refractivity contribution in [3.05, 3.63) is 72.8 Å². The van der Waals surface area contributed by atoms with Crippen LogP contribution in [0.1, 0.15) is 18.4 Å². The second kappa shape index (κ2) is 12.9. The van der Waals surface area contributed by atoms with Gasteiger partial charge in [0, 0.05) is 39.4 Å². The molecule has 7 nitrogen and oxygen atoms in total. The van der Waals surface area contributed by atoms with Crippen LogP contribution < -0.4 is 9.47 Å². The van der Waals surface area contributed by atoms with E-state index in [0.717, 1.165) is 29.0 Å². The molecule has 0 unspecified atom stereocenters. The number of allylic oxidation sites excluding steroid dienone is 1. The van der Waals surface area contributed by atoms with Gasteiger partial charge in [-0.2, -0.15) is 5.10 Å². The van der Waals surface area contributed by atoms with E-state index in [0.29, 0.717) is 44.3 Å². The largest absolute Gasteiger partial charge is 0.497 e. The van der Waals surface area contributed by atoms with Crippen molar-refractivity contribution in [3.63, 3.8) is 0 Å². The molecule has 1 aromatic heterocycles. The van der Waals surface area contributed by atoms with Crippen LogP contribution in [0.2, 0.25) is 0 Å².